The minimum atomic E-state index is 1.47. The molecule has 0 aromatic heterocycles. The van der Waals surface area contributed by atoms with Crippen LogP contribution in [0.15, 0.2) is 25.1 Å². The van der Waals surface area contributed by atoms with Crippen molar-refractivity contribution in [1.29, 1.82) is 0 Å². The molecule has 0 amide bonds. The maximum Gasteiger partial charge on any atom is 0.304 e. The first-order valence-electron chi connectivity index (χ1n) is 1.95. The molecule has 0 aromatic carbocycles. The fourth-order valence-corrected chi connectivity index (χ4v) is 0.156. The lowest BCUT2D eigenvalue weighted by Crippen LogP contribution is -1.96. The van der Waals surface area contributed by atoms with Crippen molar-refractivity contribution in [3.63, 3.8) is 0 Å². The van der Waals surface area contributed by atoms with Gasteiger partial charge in [-0.25, -0.2) is 0 Å². The molecule has 1 nitrogen and oxygen atoms in total. The second-order valence-electron chi connectivity index (χ2n) is 0.880. The Balaban J connectivity index is 2.68. The third kappa shape index (κ3) is 5.57. The molecule has 0 spiro atoms. The molecule has 0 N–H and O–H groups in total. The van der Waals surface area contributed by atoms with Crippen LogP contribution in [0, 0.1) is 0 Å². The third-order valence-corrected chi connectivity index (χ3v) is 0.350. The van der Waals surface area contributed by atoms with E-state index in [1.54, 1.807) is 12.0 Å². The van der Waals surface area contributed by atoms with Gasteiger partial charge in [0.05, 0.1) is 0 Å². The molecule has 0 aromatic rings. The lowest BCUT2D eigenvalue weighted by molar-refractivity contribution is 0.661. The van der Waals surface area contributed by atoms with E-state index in [2.05, 4.69) is 17.7 Å². The molecule has 0 aliphatic rings. The second kappa shape index (κ2) is 5.57. The summed E-state index contributed by atoms with van der Waals surface area (Å²) in [6.07, 6.45) is 0. The van der Waals surface area contributed by atoms with Gasteiger partial charge in [0.15, 0.2) is 0 Å². The van der Waals surface area contributed by atoms with Crippen molar-refractivity contribution in [2.45, 2.75) is 0 Å². The van der Waals surface area contributed by atoms with E-state index in [9.17, 15) is 0 Å². The Hall–Kier alpha value is -0.430. The van der Waals surface area contributed by atoms with Crippen LogP contribution < -0.4 is 0 Å². The number of rotatable bonds is 4. The first-order valence-corrected chi connectivity index (χ1v) is 1.95. The quantitative estimate of drug-likeness (QED) is 0.362. The van der Waals surface area contributed by atoms with Crippen molar-refractivity contribution in [2.24, 2.45) is 0 Å². The zero-order valence-corrected chi connectivity index (χ0v) is 4.13. The summed E-state index contributed by atoms with van der Waals surface area (Å²) < 4.78 is 4.65. The Kier molecular flexibility index (Phi) is 5.23. The van der Waals surface area contributed by atoms with E-state index >= 15 is 0 Å². The van der Waals surface area contributed by atoms with Gasteiger partial charge < -0.3 is 4.57 Å². The van der Waals surface area contributed by atoms with Gasteiger partial charge in [0.1, 0.15) is 0 Å². The summed E-state index contributed by atoms with van der Waals surface area (Å²) in [5.74, 6) is 3.11. The molecule has 34 valence electrons. The number of hydrogen-bond acceptors (Lipinski definition) is 1. The fraction of sp³-hybridized carbons (Fsp3) is 0. The molecule has 0 saturated heterocycles. The maximum atomic E-state index is 4.65. The van der Waals surface area contributed by atoms with Crippen molar-refractivity contribution in [3.05, 3.63) is 25.1 Å². The minimum absolute atomic E-state index is 1.47. The highest BCUT2D eigenvalue weighted by molar-refractivity contribution is 6.48. The van der Waals surface area contributed by atoms with Gasteiger partial charge in [-0.3, -0.25) is 0 Å². The van der Waals surface area contributed by atoms with Crippen LogP contribution in [0.5, 0.6) is 0 Å². The number of hydrogen-bond donors (Lipinski definition) is 0. The lowest BCUT2D eigenvalue weighted by atomic mass is 9.94. The molecule has 0 unspecified atom stereocenters. The maximum absolute atomic E-state index is 4.65. The highest BCUT2D eigenvalue weighted by Crippen LogP contribution is 1.65. The van der Waals surface area contributed by atoms with E-state index in [-0.39, 0.29) is 0 Å². The summed E-state index contributed by atoms with van der Waals surface area (Å²) in [5.41, 5.74) is 0. The van der Waals surface area contributed by atoms with Gasteiger partial charge in [0, 0.05) is 0 Å². The Labute approximate surface area is 45.6 Å². The van der Waals surface area contributed by atoms with Crippen LogP contribution in [0.4, 0.5) is 0 Å². The van der Waals surface area contributed by atoms with E-state index in [4.69, 9.17) is 0 Å². The summed E-state index contributed by atoms with van der Waals surface area (Å²) in [6.45, 7) is 6.80. The molecule has 0 saturated carbocycles. The van der Waals surface area contributed by atoms with Crippen molar-refractivity contribution >= 4 is 15.0 Å². The van der Waals surface area contributed by atoms with Crippen LogP contribution in [0.25, 0.3) is 0 Å². The highest BCUT2D eigenvalue weighted by Gasteiger charge is 1.79. The topological polar surface area (TPSA) is 9.23 Å². The second-order valence-corrected chi connectivity index (χ2v) is 0.880. The fourth-order valence-electron chi connectivity index (χ4n) is 0.156. The summed E-state index contributed by atoms with van der Waals surface area (Å²) in [4.78, 5) is 0. The predicted octanol–water partition coefficient (Wildman–Crippen LogP) is 0.528. The molecule has 0 aliphatic heterocycles. The summed E-state index contributed by atoms with van der Waals surface area (Å²) in [5, 5.41) is 0. The van der Waals surface area contributed by atoms with Crippen LogP contribution >= 0.6 is 0 Å². The highest BCUT2D eigenvalue weighted by atomic mass is 16.4. The van der Waals surface area contributed by atoms with Crippen LogP contribution in [0.1, 0.15) is 0 Å². The zero-order valence-electron chi connectivity index (χ0n) is 4.13. The molecular formula is C4H6B2O. The van der Waals surface area contributed by atoms with Crippen molar-refractivity contribution in [2.75, 3.05) is 0 Å². The van der Waals surface area contributed by atoms with E-state index in [1.165, 1.54) is 15.0 Å². The van der Waals surface area contributed by atoms with E-state index in [0.29, 0.717) is 0 Å². The zero-order chi connectivity index (χ0) is 5.54. The van der Waals surface area contributed by atoms with Crippen molar-refractivity contribution in [3.8, 4) is 0 Å². The van der Waals surface area contributed by atoms with Crippen LogP contribution in [-0.4, -0.2) is 15.0 Å². The van der Waals surface area contributed by atoms with Gasteiger partial charge in [-0.1, -0.05) is 12.0 Å². The molecule has 0 heterocycles. The van der Waals surface area contributed by atoms with Gasteiger partial charge in [-0.15, -0.1) is 13.2 Å². The standard InChI is InChI=1S/C4H6B2O/c1-3-5-7-6-4-2/h3-4H,1-2H2. The summed E-state index contributed by atoms with van der Waals surface area (Å²) in [7, 11) is 2.95. The van der Waals surface area contributed by atoms with Gasteiger partial charge in [-0.2, -0.15) is 0 Å². The minimum Gasteiger partial charge on any atom is -0.499 e. The molecular weight excluding hydrogens is 85.7 g/mol. The average Bonchev–Trinajstić information content (AvgIpc) is 1.69. The van der Waals surface area contributed by atoms with Gasteiger partial charge in [0.25, 0.3) is 0 Å². The first kappa shape index (κ1) is 6.57. The van der Waals surface area contributed by atoms with E-state index < -0.39 is 0 Å². The Morgan fingerprint density at radius 1 is 1.14 bits per heavy atom. The summed E-state index contributed by atoms with van der Waals surface area (Å²) >= 11 is 0. The van der Waals surface area contributed by atoms with Gasteiger partial charge >= 0.3 is 15.0 Å². The van der Waals surface area contributed by atoms with E-state index in [1.807, 2.05) is 0 Å². The monoisotopic (exact) mass is 92.1 g/mol. The van der Waals surface area contributed by atoms with Crippen molar-refractivity contribution in [1.82, 2.24) is 0 Å². The molecule has 0 fully saturated rings. The molecule has 0 rings (SSSR count). The molecule has 0 bridgehead atoms. The Bertz CT molecular complexity index is 54.7. The Morgan fingerprint density at radius 2 is 1.57 bits per heavy atom. The van der Waals surface area contributed by atoms with Crippen LogP contribution in [-0.2, 0) is 4.57 Å². The largest absolute Gasteiger partial charge is 0.499 e. The Morgan fingerprint density at radius 3 is 1.86 bits per heavy atom. The lowest BCUT2D eigenvalue weighted by Gasteiger charge is -1.85. The predicted molar refractivity (Wildman–Crippen MR) is 33.0 cm³/mol. The summed E-state index contributed by atoms with van der Waals surface area (Å²) in [6, 6.07) is 0. The first-order chi connectivity index (χ1) is 3.41. The van der Waals surface area contributed by atoms with Crippen LogP contribution in [0.3, 0.4) is 0 Å². The van der Waals surface area contributed by atoms with E-state index in [0.717, 1.165) is 0 Å². The molecule has 7 heavy (non-hydrogen) atoms. The SMILES string of the molecule is C=C[B]O[B]C=C. The molecule has 2 radical (unpaired) electrons. The molecule has 3 heteroatoms. The normalized spacial score (nSPS) is 6.86. The third-order valence-electron chi connectivity index (χ3n) is 0.350. The van der Waals surface area contributed by atoms with Gasteiger partial charge in [0.2, 0.25) is 0 Å². The van der Waals surface area contributed by atoms with Gasteiger partial charge in [-0.05, 0) is 0 Å². The average molecular weight is 91.7 g/mol. The smallest absolute Gasteiger partial charge is 0.304 e. The van der Waals surface area contributed by atoms with Crippen LogP contribution in [0.2, 0.25) is 0 Å². The molecule has 0 aliphatic carbocycles. The van der Waals surface area contributed by atoms with Crippen molar-refractivity contribution < 1.29 is 4.57 Å². The molecule has 0 atom stereocenters.